The van der Waals surface area contributed by atoms with Crippen LogP contribution in [0.2, 0.25) is 0 Å². The first kappa shape index (κ1) is 13.6. The smallest absolute Gasteiger partial charge is 0.289 e. The standard InChI is InChI=1S/C15H13N3O2/c1-10-4-3-5-11(2)15(10)17-13-7-6-12(9-16)14(8-13)18(19)20/h3-8,17H,1-2H3. The van der Waals surface area contributed by atoms with Crippen LogP contribution in [0, 0.1) is 35.3 Å². The van der Waals surface area contributed by atoms with Crippen molar-refractivity contribution in [1.29, 1.82) is 5.26 Å². The number of nitriles is 1. The molecule has 0 saturated heterocycles. The van der Waals surface area contributed by atoms with Gasteiger partial charge >= 0.3 is 0 Å². The Balaban J connectivity index is 2.43. The minimum Gasteiger partial charge on any atom is -0.355 e. The highest BCUT2D eigenvalue weighted by Gasteiger charge is 2.14. The summed E-state index contributed by atoms with van der Waals surface area (Å²) in [6, 6.07) is 12.2. The molecule has 5 nitrogen and oxygen atoms in total. The Morgan fingerprint density at radius 3 is 2.40 bits per heavy atom. The first-order valence-corrected chi connectivity index (χ1v) is 6.04. The molecule has 20 heavy (non-hydrogen) atoms. The maximum absolute atomic E-state index is 10.9. The van der Waals surface area contributed by atoms with Crippen LogP contribution in [0.3, 0.4) is 0 Å². The molecule has 0 aliphatic heterocycles. The SMILES string of the molecule is Cc1cccc(C)c1Nc1ccc(C#N)c([N+](=O)[O-])c1. The number of nitro benzene ring substituents is 1. The molecule has 2 aromatic rings. The van der Waals surface area contributed by atoms with Crippen molar-refractivity contribution in [3.63, 3.8) is 0 Å². The van der Waals surface area contributed by atoms with Crippen molar-refractivity contribution in [2.24, 2.45) is 0 Å². The van der Waals surface area contributed by atoms with Gasteiger partial charge in [-0.1, -0.05) is 18.2 Å². The second kappa shape index (κ2) is 5.41. The molecular formula is C15H13N3O2. The van der Waals surface area contributed by atoms with E-state index in [9.17, 15) is 10.1 Å². The van der Waals surface area contributed by atoms with Crippen LogP contribution in [-0.4, -0.2) is 4.92 Å². The molecule has 5 heteroatoms. The van der Waals surface area contributed by atoms with E-state index in [0.29, 0.717) is 5.69 Å². The van der Waals surface area contributed by atoms with Gasteiger partial charge in [-0.25, -0.2) is 0 Å². The van der Waals surface area contributed by atoms with E-state index < -0.39 is 4.92 Å². The van der Waals surface area contributed by atoms with Gasteiger partial charge in [0.2, 0.25) is 0 Å². The summed E-state index contributed by atoms with van der Waals surface area (Å²) in [6.45, 7) is 3.93. The summed E-state index contributed by atoms with van der Waals surface area (Å²) in [7, 11) is 0. The molecule has 100 valence electrons. The molecule has 0 atom stereocenters. The molecule has 0 amide bonds. The fourth-order valence-electron chi connectivity index (χ4n) is 2.01. The number of hydrogen-bond donors (Lipinski definition) is 1. The number of aryl methyl sites for hydroxylation is 2. The quantitative estimate of drug-likeness (QED) is 0.677. The molecule has 2 rings (SSSR count). The lowest BCUT2D eigenvalue weighted by molar-refractivity contribution is -0.385. The third-order valence-electron chi connectivity index (χ3n) is 3.07. The molecule has 0 saturated carbocycles. The molecule has 0 aliphatic carbocycles. The molecule has 0 unspecified atom stereocenters. The molecule has 0 radical (unpaired) electrons. The van der Waals surface area contributed by atoms with Crippen LogP contribution < -0.4 is 5.32 Å². The Kier molecular flexibility index (Phi) is 3.67. The third-order valence-corrected chi connectivity index (χ3v) is 3.07. The van der Waals surface area contributed by atoms with Gasteiger partial charge in [0.1, 0.15) is 11.6 Å². The van der Waals surface area contributed by atoms with Crippen LogP contribution in [-0.2, 0) is 0 Å². The van der Waals surface area contributed by atoms with Crippen molar-refractivity contribution in [3.05, 3.63) is 63.2 Å². The number of nitrogens with zero attached hydrogens (tertiary/aromatic N) is 2. The van der Waals surface area contributed by atoms with Crippen molar-refractivity contribution in [2.45, 2.75) is 13.8 Å². The maximum atomic E-state index is 10.9. The lowest BCUT2D eigenvalue weighted by Crippen LogP contribution is -1.98. The van der Waals surface area contributed by atoms with E-state index in [0.717, 1.165) is 16.8 Å². The lowest BCUT2D eigenvalue weighted by Gasteiger charge is -2.12. The number of benzene rings is 2. The van der Waals surface area contributed by atoms with E-state index in [4.69, 9.17) is 5.26 Å². The Bertz CT molecular complexity index is 697. The summed E-state index contributed by atoms with van der Waals surface area (Å²) in [5.41, 5.74) is 3.49. The van der Waals surface area contributed by atoms with Crippen molar-refractivity contribution in [2.75, 3.05) is 5.32 Å². The molecule has 0 heterocycles. The van der Waals surface area contributed by atoms with Crippen LogP contribution in [0.4, 0.5) is 17.1 Å². The summed E-state index contributed by atoms with van der Waals surface area (Å²) in [5, 5.41) is 23.0. The van der Waals surface area contributed by atoms with Gasteiger partial charge in [-0.15, -0.1) is 0 Å². The summed E-state index contributed by atoms with van der Waals surface area (Å²) >= 11 is 0. The van der Waals surface area contributed by atoms with Crippen LogP contribution in [0.1, 0.15) is 16.7 Å². The Morgan fingerprint density at radius 2 is 1.85 bits per heavy atom. The van der Waals surface area contributed by atoms with Gasteiger partial charge in [-0.05, 0) is 37.1 Å². The molecule has 2 aromatic carbocycles. The summed E-state index contributed by atoms with van der Waals surface area (Å²) in [6.07, 6.45) is 0. The topological polar surface area (TPSA) is 79.0 Å². The number of nitrogens with one attached hydrogen (secondary N) is 1. The highest BCUT2D eigenvalue weighted by Crippen LogP contribution is 2.28. The molecule has 0 spiro atoms. The number of nitro groups is 1. The van der Waals surface area contributed by atoms with E-state index in [1.54, 1.807) is 6.07 Å². The Hall–Kier alpha value is -2.87. The summed E-state index contributed by atoms with van der Waals surface area (Å²) in [4.78, 5) is 10.4. The molecule has 0 bridgehead atoms. The minimum absolute atomic E-state index is 0.0575. The third kappa shape index (κ3) is 2.59. The van der Waals surface area contributed by atoms with Gasteiger partial charge in [-0.2, -0.15) is 5.26 Å². The number of anilines is 2. The average Bonchev–Trinajstić information content (AvgIpc) is 2.43. The van der Waals surface area contributed by atoms with Crippen molar-refractivity contribution >= 4 is 17.1 Å². The first-order valence-electron chi connectivity index (χ1n) is 6.04. The molecule has 1 N–H and O–H groups in total. The van der Waals surface area contributed by atoms with E-state index in [-0.39, 0.29) is 11.3 Å². The van der Waals surface area contributed by atoms with E-state index in [1.165, 1.54) is 12.1 Å². The molecule has 0 fully saturated rings. The lowest BCUT2D eigenvalue weighted by atomic mass is 10.1. The zero-order chi connectivity index (χ0) is 14.7. The second-order valence-electron chi connectivity index (χ2n) is 4.49. The number of para-hydroxylation sites is 1. The number of rotatable bonds is 3. The van der Waals surface area contributed by atoms with Gasteiger partial charge in [-0.3, -0.25) is 10.1 Å². The van der Waals surface area contributed by atoms with E-state index >= 15 is 0 Å². The van der Waals surface area contributed by atoms with Gasteiger partial charge < -0.3 is 5.32 Å². The highest BCUT2D eigenvalue weighted by atomic mass is 16.6. The number of hydrogen-bond acceptors (Lipinski definition) is 4. The molecule has 0 aliphatic rings. The largest absolute Gasteiger partial charge is 0.355 e. The Labute approximate surface area is 116 Å². The van der Waals surface area contributed by atoms with Crippen LogP contribution in [0.5, 0.6) is 0 Å². The fraction of sp³-hybridized carbons (Fsp3) is 0.133. The van der Waals surface area contributed by atoms with Crippen LogP contribution in [0.15, 0.2) is 36.4 Å². The predicted molar refractivity (Wildman–Crippen MR) is 77.0 cm³/mol. The van der Waals surface area contributed by atoms with Crippen molar-refractivity contribution in [1.82, 2.24) is 0 Å². The van der Waals surface area contributed by atoms with Crippen molar-refractivity contribution < 1.29 is 4.92 Å². The monoisotopic (exact) mass is 267 g/mol. The van der Waals surface area contributed by atoms with E-state index in [2.05, 4.69) is 5.32 Å². The maximum Gasteiger partial charge on any atom is 0.289 e. The fourth-order valence-corrected chi connectivity index (χ4v) is 2.01. The predicted octanol–water partition coefficient (Wildman–Crippen LogP) is 3.83. The van der Waals surface area contributed by atoms with Gasteiger partial charge in [0.15, 0.2) is 0 Å². The van der Waals surface area contributed by atoms with Gasteiger partial charge in [0.25, 0.3) is 5.69 Å². The van der Waals surface area contributed by atoms with Crippen LogP contribution >= 0.6 is 0 Å². The summed E-state index contributed by atoms with van der Waals surface area (Å²) in [5.74, 6) is 0. The zero-order valence-corrected chi connectivity index (χ0v) is 11.2. The van der Waals surface area contributed by atoms with Gasteiger partial charge in [0, 0.05) is 17.4 Å². The Morgan fingerprint density at radius 1 is 1.20 bits per heavy atom. The molecular weight excluding hydrogens is 254 g/mol. The first-order chi connectivity index (χ1) is 9.52. The average molecular weight is 267 g/mol. The van der Waals surface area contributed by atoms with Crippen LogP contribution in [0.25, 0.3) is 0 Å². The molecule has 0 aromatic heterocycles. The second-order valence-corrected chi connectivity index (χ2v) is 4.49. The van der Waals surface area contributed by atoms with E-state index in [1.807, 2.05) is 38.1 Å². The normalized spacial score (nSPS) is 9.85. The minimum atomic E-state index is -0.547. The summed E-state index contributed by atoms with van der Waals surface area (Å²) < 4.78 is 0. The highest BCUT2D eigenvalue weighted by molar-refractivity contribution is 5.69. The van der Waals surface area contributed by atoms with Gasteiger partial charge in [0.05, 0.1) is 4.92 Å². The van der Waals surface area contributed by atoms with Crippen molar-refractivity contribution in [3.8, 4) is 6.07 Å². The zero-order valence-electron chi connectivity index (χ0n) is 11.2.